The number of hydrogen-bond acceptors (Lipinski definition) is 8. The quantitative estimate of drug-likeness (QED) is 0.247. The van der Waals surface area contributed by atoms with Gasteiger partial charge in [-0.1, -0.05) is 60.7 Å². The minimum Gasteiger partial charge on any atom is -0.392 e. The number of nitrogens with zero attached hydrogens (tertiary/aromatic N) is 2. The van der Waals surface area contributed by atoms with Crippen LogP contribution in [-0.4, -0.2) is 89.6 Å². The number of amides is 2. The van der Waals surface area contributed by atoms with Crippen molar-refractivity contribution in [2.45, 2.75) is 74.1 Å². The van der Waals surface area contributed by atoms with Crippen LogP contribution in [0.15, 0.2) is 76.3 Å². The third-order valence-corrected chi connectivity index (χ3v) is 11.8. The molecule has 2 aliphatic rings. The van der Waals surface area contributed by atoms with Crippen molar-refractivity contribution in [3.8, 4) is 0 Å². The number of carbonyl (C=O) groups is 2. The molecule has 0 spiro atoms. The topological polar surface area (TPSA) is 139 Å². The maximum atomic E-state index is 13.8. The Morgan fingerprint density at radius 2 is 1.74 bits per heavy atom. The van der Waals surface area contributed by atoms with Gasteiger partial charge in [-0.2, -0.15) is 4.31 Å². The number of thiophene rings is 1. The van der Waals surface area contributed by atoms with Gasteiger partial charge in [0.25, 0.3) is 10.0 Å². The molecule has 1 fully saturated rings. The lowest BCUT2D eigenvalue weighted by molar-refractivity contribution is -0.131. The summed E-state index contributed by atoms with van der Waals surface area (Å²) >= 11 is 1.13. The highest BCUT2D eigenvalue weighted by Crippen LogP contribution is 2.32. The van der Waals surface area contributed by atoms with E-state index >= 15 is 0 Å². The SMILES string of the molecule is CC(C)(C)NC(=O)[C@@H]1CN(S(=O)(=O)c2cccs2)CCN1C[C@@H](O)C[C@H](Cc1ccccc1)C(=O)N[C@H]1c2ccccc2C[C@H]1O. The molecule has 10 nitrogen and oxygen atoms in total. The normalized spacial score (nSPS) is 22.2. The van der Waals surface area contributed by atoms with Gasteiger partial charge in [0.2, 0.25) is 11.8 Å². The Kier molecular flexibility index (Phi) is 10.7. The molecule has 0 bridgehead atoms. The van der Waals surface area contributed by atoms with E-state index < -0.39 is 45.8 Å². The van der Waals surface area contributed by atoms with Crippen LogP contribution >= 0.6 is 11.3 Å². The van der Waals surface area contributed by atoms with Crippen LogP contribution in [0.2, 0.25) is 0 Å². The highest BCUT2D eigenvalue weighted by atomic mass is 32.2. The van der Waals surface area contributed by atoms with Crippen molar-refractivity contribution in [1.82, 2.24) is 19.8 Å². The summed E-state index contributed by atoms with van der Waals surface area (Å²) in [4.78, 5) is 29.1. The fourth-order valence-corrected chi connectivity index (χ4v) is 8.93. The molecule has 2 amide bonds. The number of hydrogen-bond donors (Lipinski definition) is 4. The lowest BCUT2D eigenvalue weighted by atomic mass is 9.91. The van der Waals surface area contributed by atoms with Gasteiger partial charge in [-0.25, -0.2) is 8.42 Å². The first-order valence-corrected chi connectivity index (χ1v) is 18.0. The minimum atomic E-state index is -3.77. The molecule has 0 saturated carbocycles. The average molecular weight is 669 g/mol. The second-order valence-electron chi connectivity index (χ2n) is 13.3. The van der Waals surface area contributed by atoms with Gasteiger partial charge >= 0.3 is 0 Å². The number of nitrogens with one attached hydrogen (secondary N) is 2. The van der Waals surface area contributed by atoms with Crippen LogP contribution in [0.1, 0.15) is 49.9 Å². The number of piperazine rings is 1. The predicted molar refractivity (Wildman–Crippen MR) is 178 cm³/mol. The highest BCUT2D eigenvalue weighted by Gasteiger charge is 2.40. The van der Waals surface area contributed by atoms with Crippen molar-refractivity contribution in [2.75, 3.05) is 26.2 Å². The highest BCUT2D eigenvalue weighted by molar-refractivity contribution is 7.91. The first-order valence-electron chi connectivity index (χ1n) is 15.7. The Morgan fingerprint density at radius 3 is 2.43 bits per heavy atom. The van der Waals surface area contributed by atoms with Gasteiger partial charge in [-0.05, 0) is 61.7 Å². The van der Waals surface area contributed by atoms with E-state index in [0.717, 1.165) is 28.0 Å². The summed E-state index contributed by atoms with van der Waals surface area (Å²) in [7, 11) is -3.77. The van der Waals surface area contributed by atoms with E-state index in [1.165, 1.54) is 4.31 Å². The molecule has 12 heteroatoms. The zero-order valence-corrected chi connectivity index (χ0v) is 28.1. The van der Waals surface area contributed by atoms with E-state index in [9.17, 15) is 28.2 Å². The number of carbonyl (C=O) groups excluding carboxylic acids is 2. The standard InChI is InChI=1S/C34H44N4O6S2/c1-34(2,3)36-33(42)28-22-38(46(43,44)30-14-9-17-45-30)16-15-37(28)21-26(39)19-25(18-23-10-5-4-6-11-23)32(41)35-31-27-13-8-7-12-24(27)20-29(31)40/h4-14,17,25-26,28-29,31,39-40H,15-16,18-22H2,1-3H3,(H,35,41)(H,36,42)/t25-,26-,28-,29+,31-/m0/s1. The molecule has 1 saturated heterocycles. The van der Waals surface area contributed by atoms with Gasteiger partial charge < -0.3 is 20.8 Å². The van der Waals surface area contributed by atoms with Crippen molar-refractivity contribution < 1.29 is 28.2 Å². The number of aliphatic hydroxyl groups excluding tert-OH is 2. The van der Waals surface area contributed by atoms with E-state index in [1.807, 2.05) is 80.3 Å². The zero-order chi connectivity index (χ0) is 33.1. The summed E-state index contributed by atoms with van der Waals surface area (Å²) in [6.45, 7) is 6.02. The first-order chi connectivity index (χ1) is 21.8. The third kappa shape index (κ3) is 8.23. The van der Waals surface area contributed by atoms with Crippen molar-refractivity contribution in [2.24, 2.45) is 5.92 Å². The van der Waals surface area contributed by atoms with Crippen LogP contribution < -0.4 is 10.6 Å². The van der Waals surface area contributed by atoms with E-state index in [2.05, 4.69) is 10.6 Å². The van der Waals surface area contributed by atoms with Crippen molar-refractivity contribution >= 4 is 33.2 Å². The lowest BCUT2D eigenvalue weighted by Crippen LogP contribution is -2.62. The summed E-state index contributed by atoms with van der Waals surface area (Å²) in [5, 5.41) is 30.0. The Bertz CT molecular complexity index is 1590. The van der Waals surface area contributed by atoms with Gasteiger partial charge in [0.1, 0.15) is 10.3 Å². The Morgan fingerprint density at radius 1 is 1.02 bits per heavy atom. The van der Waals surface area contributed by atoms with Gasteiger partial charge in [0, 0.05) is 44.1 Å². The molecule has 5 rings (SSSR count). The van der Waals surface area contributed by atoms with Crippen LogP contribution in [0.3, 0.4) is 0 Å². The Labute approximate surface area is 275 Å². The smallest absolute Gasteiger partial charge is 0.252 e. The summed E-state index contributed by atoms with van der Waals surface area (Å²) < 4.78 is 28.2. The van der Waals surface area contributed by atoms with E-state index in [4.69, 9.17) is 0 Å². The summed E-state index contributed by atoms with van der Waals surface area (Å²) in [6, 6.07) is 19.1. The van der Waals surface area contributed by atoms with Gasteiger partial charge in [-0.3, -0.25) is 14.5 Å². The number of benzene rings is 2. The molecule has 3 aromatic rings. The number of rotatable bonds is 11. The van der Waals surface area contributed by atoms with Crippen molar-refractivity contribution in [3.63, 3.8) is 0 Å². The van der Waals surface area contributed by atoms with E-state index in [0.29, 0.717) is 12.8 Å². The lowest BCUT2D eigenvalue weighted by Gasteiger charge is -2.41. The second kappa shape index (κ2) is 14.3. The van der Waals surface area contributed by atoms with Gasteiger partial charge in [0.15, 0.2) is 0 Å². The van der Waals surface area contributed by atoms with Crippen LogP contribution in [-0.2, 0) is 32.5 Å². The van der Waals surface area contributed by atoms with Crippen molar-refractivity contribution in [3.05, 3.63) is 88.8 Å². The molecular formula is C34H44N4O6S2. The summed E-state index contributed by atoms with van der Waals surface area (Å²) in [5.74, 6) is -1.20. The molecule has 4 N–H and O–H groups in total. The molecule has 1 aliphatic carbocycles. The summed E-state index contributed by atoms with van der Waals surface area (Å²) in [6.07, 6.45) is -0.765. The van der Waals surface area contributed by atoms with Gasteiger partial charge in [-0.15, -0.1) is 11.3 Å². The molecule has 1 aromatic heterocycles. The number of fused-ring (bicyclic) bond motifs is 1. The predicted octanol–water partition coefficient (Wildman–Crippen LogP) is 2.72. The molecule has 248 valence electrons. The Hall–Kier alpha value is -3.13. The van der Waals surface area contributed by atoms with Crippen LogP contribution in [0, 0.1) is 5.92 Å². The van der Waals surface area contributed by atoms with E-state index in [-0.39, 0.29) is 48.6 Å². The van der Waals surface area contributed by atoms with Crippen molar-refractivity contribution in [1.29, 1.82) is 0 Å². The maximum absolute atomic E-state index is 13.8. The van der Waals surface area contributed by atoms with E-state index in [1.54, 1.807) is 17.5 Å². The molecule has 46 heavy (non-hydrogen) atoms. The number of β-amino-alcohol motifs (C(OH)–C–C–N with tert-alkyl or cyclic N) is 1. The molecule has 2 aromatic carbocycles. The molecule has 0 radical (unpaired) electrons. The Balaban J connectivity index is 1.32. The fraction of sp³-hybridized carbons (Fsp3) is 0.471. The fourth-order valence-electron chi connectivity index (χ4n) is 6.35. The van der Waals surface area contributed by atoms with Crippen LogP contribution in [0.4, 0.5) is 0 Å². The minimum absolute atomic E-state index is 0.0538. The van der Waals surface area contributed by atoms with Crippen LogP contribution in [0.25, 0.3) is 0 Å². The number of aliphatic hydroxyl groups is 2. The molecular weight excluding hydrogens is 625 g/mol. The largest absolute Gasteiger partial charge is 0.392 e. The monoisotopic (exact) mass is 668 g/mol. The second-order valence-corrected chi connectivity index (χ2v) is 16.4. The molecule has 0 unspecified atom stereocenters. The van der Waals surface area contributed by atoms with Crippen LogP contribution in [0.5, 0.6) is 0 Å². The van der Waals surface area contributed by atoms with Gasteiger partial charge in [0.05, 0.1) is 18.2 Å². The number of sulfonamides is 1. The molecule has 5 atom stereocenters. The third-order valence-electron chi connectivity index (χ3n) is 8.54. The molecule has 1 aliphatic heterocycles. The zero-order valence-electron chi connectivity index (χ0n) is 26.5. The summed E-state index contributed by atoms with van der Waals surface area (Å²) in [5.41, 5.74) is 2.29. The molecule has 2 heterocycles. The maximum Gasteiger partial charge on any atom is 0.252 e. The first kappa shape index (κ1) is 34.2. The average Bonchev–Trinajstić information content (AvgIpc) is 3.66.